The maximum Gasteiger partial charge on any atom is 0.320 e. The van der Waals surface area contributed by atoms with Crippen molar-refractivity contribution in [3.63, 3.8) is 0 Å². The minimum Gasteiger partial charge on any atom is -0.363 e. The molecule has 0 aliphatic rings. The number of amides is 3. The molecule has 1 unspecified atom stereocenters. The van der Waals surface area contributed by atoms with Crippen molar-refractivity contribution >= 4 is 56.7 Å². The van der Waals surface area contributed by atoms with Crippen molar-refractivity contribution in [2.75, 3.05) is 24.7 Å². The molecule has 33 heavy (non-hydrogen) atoms. The van der Waals surface area contributed by atoms with Crippen LogP contribution in [0.25, 0.3) is 0 Å². The van der Waals surface area contributed by atoms with Crippen LogP contribution in [0, 0.1) is 5.41 Å². The molecule has 3 amide bonds. The van der Waals surface area contributed by atoms with E-state index in [-0.39, 0.29) is 0 Å². The molecule has 0 spiro atoms. The van der Waals surface area contributed by atoms with E-state index in [1.807, 2.05) is 6.07 Å². The fraction of sp³-hybridized carbons (Fsp3) is 0.125. The number of hydrogen-bond donors (Lipinski definition) is 4. The van der Waals surface area contributed by atoms with Crippen LogP contribution in [0.4, 0.5) is 16.2 Å². The molecule has 0 aliphatic carbocycles. The topological polar surface area (TPSA) is 97.3 Å². The monoisotopic (exact) mass is 527 g/mol. The third-order valence-corrected chi connectivity index (χ3v) is 5.70. The van der Waals surface area contributed by atoms with E-state index in [1.165, 1.54) is 0 Å². The van der Waals surface area contributed by atoms with Crippen molar-refractivity contribution in [1.82, 2.24) is 10.2 Å². The number of benzene rings is 3. The van der Waals surface area contributed by atoms with Crippen molar-refractivity contribution in [2.24, 2.45) is 0 Å². The summed E-state index contributed by atoms with van der Waals surface area (Å²) in [6.07, 6.45) is 0. The molecular weight excluding hydrogens is 506 g/mol. The molecule has 3 aromatic rings. The van der Waals surface area contributed by atoms with E-state index in [0.29, 0.717) is 32.3 Å². The molecule has 0 aromatic heterocycles. The number of rotatable bonds is 6. The Morgan fingerprint density at radius 2 is 1.48 bits per heavy atom. The minimum atomic E-state index is -0.965. The second kappa shape index (κ2) is 11.0. The highest BCUT2D eigenvalue weighted by Gasteiger charge is 2.25. The second-order valence-electron chi connectivity index (χ2n) is 7.37. The van der Waals surface area contributed by atoms with Crippen molar-refractivity contribution in [3.8, 4) is 0 Å². The maximum absolute atomic E-state index is 13.2. The summed E-state index contributed by atoms with van der Waals surface area (Å²) in [5, 5.41) is 16.9. The SMILES string of the molecule is CN(C)C(=N)c1ccc(NC(=O)C(NC(=O)Nc2ccc(Cl)cc2)c2ccccc2Br)cc1. The fourth-order valence-electron chi connectivity index (χ4n) is 3.01. The first-order chi connectivity index (χ1) is 15.7. The van der Waals surface area contributed by atoms with E-state index in [2.05, 4.69) is 31.9 Å². The highest BCUT2D eigenvalue weighted by atomic mass is 79.9. The van der Waals surface area contributed by atoms with Gasteiger partial charge < -0.3 is 20.9 Å². The molecule has 0 heterocycles. The van der Waals surface area contributed by atoms with Crippen LogP contribution in [0.5, 0.6) is 0 Å². The molecule has 7 nitrogen and oxygen atoms in total. The summed E-state index contributed by atoms with van der Waals surface area (Å²) in [7, 11) is 3.59. The molecule has 3 rings (SSSR count). The Bertz CT molecular complexity index is 1150. The Hall–Kier alpha value is -3.36. The normalized spacial score (nSPS) is 11.3. The lowest BCUT2D eigenvalue weighted by Gasteiger charge is -2.21. The Morgan fingerprint density at radius 1 is 0.909 bits per heavy atom. The Balaban J connectivity index is 1.78. The standard InChI is InChI=1S/C24H23BrClN5O2/c1-31(2)22(27)15-7-11-17(12-8-15)28-23(32)21(19-5-3-4-6-20(19)25)30-24(33)29-18-13-9-16(26)10-14-18/h3-14,21,27H,1-2H3,(H,28,32)(H2,29,30,33). The van der Waals surface area contributed by atoms with Crippen LogP contribution >= 0.6 is 27.5 Å². The third-order valence-electron chi connectivity index (χ3n) is 4.73. The van der Waals surface area contributed by atoms with Gasteiger partial charge in [0.2, 0.25) is 0 Å². The Morgan fingerprint density at radius 3 is 2.09 bits per heavy atom. The molecule has 4 N–H and O–H groups in total. The van der Waals surface area contributed by atoms with Gasteiger partial charge in [0.15, 0.2) is 0 Å². The molecular formula is C24H23BrClN5O2. The van der Waals surface area contributed by atoms with Crippen molar-refractivity contribution in [2.45, 2.75) is 6.04 Å². The summed E-state index contributed by atoms with van der Waals surface area (Å²) in [5.41, 5.74) is 2.42. The van der Waals surface area contributed by atoms with Gasteiger partial charge in [-0.15, -0.1) is 0 Å². The lowest BCUT2D eigenvalue weighted by atomic mass is 10.1. The van der Waals surface area contributed by atoms with Gasteiger partial charge in [-0.2, -0.15) is 0 Å². The summed E-state index contributed by atoms with van der Waals surface area (Å²) in [4.78, 5) is 27.5. The Kier molecular flexibility index (Phi) is 8.08. The first-order valence-electron chi connectivity index (χ1n) is 9.99. The zero-order chi connectivity index (χ0) is 24.0. The molecule has 0 aliphatic heterocycles. The molecule has 0 saturated heterocycles. The van der Waals surface area contributed by atoms with Gasteiger partial charge in [0.25, 0.3) is 5.91 Å². The fourth-order valence-corrected chi connectivity index (χ4v) is 3.65. The molecule has 170 valence electrons. The average molecular weight is 529 g/mol. The first-order valence-corrected chi connectivity index (χ1v) is 11.2. The van der Waals surface area contributed by atoms with E-state index < -0.39 is 18.0 Å². The van der Waals surface area contributed by atoms with Crippen LogP contribution < -0.4 is 16.0 Å². The van der Waals surface area contributed by atoms with Crippen LogP contribution in [-0.4, -0.2) is 36.8 Å². The van der Waals surface area contributed by atoms with Crippen LogP contribution in [0.3, 0.4) is 0 Å². The summed E-state index contributed by atoms with van der Waals surface area (Å²) in [5.74, 6) is -0.0527. The lowest BCUT2D eigenvalue weighted by Crippen LogP contribution is -2.39. The van der Waals surface area contributed by atoms with Crippen LogP contribution in [0.1, 0.15) is 17.2 Å². The quantitative estimate of drug-likeness (QED) is 0.251. The predicted molar refractivity (Wildman–Crippen MR) is 136 cm³/mol. The van der Waals surface area contributed by atoms with Crippen LogP contribution in [0.15, 0.2) is 77.3 Å². The van der Waals surface area contributed by atoms with Crippen molar-refractivity contribution in [1.29, 1.82) is 5.41 Å². The zero-order valence-corrected chi connectivity index (χ0v) is 20.4. The first kappa shape index (κ1) is 24.3. The third kappa shape index (κ3) is 6.57. The smallest absolute Gasteiger partial charge is 0.320 e. The predicted octanol–water partition coefficient (Wildman–Crippen LogP) is 5.49. The van der Waals surface area contributed by atoms with E-state index in [4.69, 9.17) is 17.0 Å². The van der Waals surface area contributed by atoms with Gasteiger partial charge in [0, 0.05) is 40.5 Å². The zero-order valence-electron chi connectivity index (χ0n) is 18.0. The summed E-state index contributed by atoms with van der Waals surface area (Å²) in [6, 6.07) is 19.3. The van der Waals surface area contributed by atoms with Gasteiger partial charge in [-0.3, -0.25) is 10.2 Å². The molecule has 0 radical (unpaired) electrons. The molecule has 1 atom stereocenters. The van der Waals surface area contributed by atoms with E-state index in [0.717, 1.165) is 5.56 Å². The molecule has 9 heteroatoms. The molecule has 0 fully saturated rings. The van der Waals surface area contributed by atoms with E-state index in [1.54, 1.807) is 85.7 Å². The number of hydrogen-bond acceptors (Lipinski definition) is 3. The molecule has 0 saturated carbocycles. The number of carbonyl (C=O) groups excluding carboxylic acids is 2. The van der Waals surface area contributed by atoms with Gasteiger partial charge in [0.05, 0.1) is 0 Å². The van der Waals surface area contributed by atoms with E-state index in [9.17, 15) is 9.59 Å². The second-order valence-corrected chi connectivity index (χ2v) is 8.66. The number of nitrogens with one attached hydrogen (secondary N) is 4. The number of carbonyl (C=O) groups is 2. The highest BCUT2D eigenvalue weighted by Crippen LogP contribution is 2.25. The van der Waals surface area contributed by atoms with Gasteiger partial charge in [-0.1, -0.05) is 45.7 Å². The summed E-state index contributed by atoms with van der Waals surface area (Å²) < 4.78 is 0.687. The maximum atomic E-state index is 13.2. The summed E-state index contributed by atoms with van der Waals surface area (Å²) >= 11 is 9.35. The lowest BCUT2D eigenvalue weighted by molar-refractivity contribution is -0.118. The number of nitrogens with zero attached hydrogens (tertiary/aromatic N) is 1. The number of anilines is 2. The molecule has 0 bridgehead atoms. The van der Waals surface area contributed by atoms with Gasteiger partial charge in [-0.05, 0) is 60.2 Å². The van der Waals surface area contributed by atoms with E-state index >= 15 is 0 Å². The minimum absolute atomic E-state index is 0.361. The highest BCUT2D eigenvalue weighted by molar-refractivity contribution is 9.10. The van der Waals surface area contributed by atoms with Crippen molar-refractivity contribution < 1.29 is 9.59 Å². The van der Waals surface area contributed by atoms with Gasteiger partial charge >= 0.3 is 6.03 Å². The summed E-state index contributed by atoms with van der Waals surface area (Å²) in [6.45, 7) is 0. The average Bonchev–Trinajstić information content (AvgIpc) is 2.79. The van der Waals surface area contributed by atoms with Gasteiger partial charge in [0.1, 0.15) is 11.9 Å². The van der Waals surface area contributed by atoms with Crippen LogP contribution in [-0.2, 0) is 4.79 Å². The largest absolute Gasteiger partial charge is 0.363 e. The van der Waals surface area contributed by atoms with Crippen LogP contribution in [0.2, 0.25) is 5.02 Å². The number of amidine groups is 1. The molecule has 3 aromatic carbocycles. The Labute approximate surface area is 205 Å². The number of urea groups is 1. The number of halogens is 2. The van der Waals surface area contributed by atoms with Crippen molar-refractivity contribution in [3.05, 3.63) is 93.4 Å². The van der Waals surface area contributed by atoms with Gasteiger partial charge in [-0.25, -0.2) is 4.79 Å².